The Balaban J connectivity index is 1.15. The minimum atomic E-state index is -1.71. The van der Waals surface area contributed by atoms with Crippen LogP contribution in [0.25, 0.3) is 0 Å². The van der Waals surface area contributed by atoms with Crippen LogP contribution in [0, 0.1) is 17.8 Å². The Labute approximate surface area is 174 Å². The van der Waals surface area contributed by atoms with Gasteiger partial charge in [0.05, 0.1) is 0 Å². The number of hydrogen-bond donors (Lipinski definition) is 3. The van der Waals surface area contributed by atoms with Crippen LogP contribution in [0.2, 0.25) is 0 Å². The normalized spacial score (nSPS) is 30.9. The number of hydrogen-bond acceptors (Lipinski definition) is 2. The molecular formula is C23H39FN2O3. The van der Waals surface area contributed by atoms with Crippen LogP contribution in [0.3, 0.4) is 0 Å². The highest BCUT2D eigenvalue weighted by Crippen LogP contribution is 2.55. The van der Waals surface area contributed by atoms with E-state index in [2.05, 4.69) is 10.6 Å². The molecule has 2 amide bonds. The number of halogens is 1. The van der Waals surface area contributed by atoms with E-state index in [1.54, 1.807) is 0 Å². The zero-order valence-electron chi connectivity index (χ0n) is 17.8. The van der Waals surface area contributed by atoms with Gasteiger partial charge in [-0.25, -0.2) is 14.0 Å². The summed E-state index contributed by atoms with van der Waals surface area (Å²) in [4.78, 5) is 22.8. The Bertz CT molecular complexity index is 519. The van der Waals surface area contributed by atoms with Crippen LogP contribution in [-0.4, -0.2) is 35.4 Å². The molecule has 4 fully saturated rings. The van der Waals surface area contributed by atoms with Gasteiger partial charge in [0.2, 0.25) is 0 Å². The van der Waals surface area contributed by atoms with Gasteiger partial charge in [-0.05, 0) is 75.5 Å². The molecule has 4 rings (SSSR count). The van der Waals surface area contributed by atoms with E-state index < -0.39 is 12.1 Å². The lowest BCUT2D eigenvalue weighted by molar-refractivity contribution is -0.143. The van der Waals surface area contributed by atoms with E-state index in [1.165, 1.54) is 38.5 Å². The molecule has 0 aromatic rings. The maximum absolute atomic E-state index is 12.9. The number of carboxylic acid groups (broad SMARTS) is 1. The summed E-state index contributed by atoms with van der Waals surface area (Å²) in [7, 11) is 0. The van der Waals surface area contributed by atoms with Gasteiger partial charge in [0.1, 0.15) is 0 Å². The number of amides is 2. The minimum Gasteiger partial charge on any atom is -0.479 e. The fourth-order valence-electron chi connectivity index (χ4n) is 6.38. The topological polar surface area (TPSA) is 78.4 Å². The summed E-state index contributed by atoms with van der Waals surface area (Å²) in [5, 5.41) is 14.9. The number of rotatable bonds is 13. The second-order valence-electron chi connectivity index (χ2n) is 10.0. The van der Waals surface area contributed by atoms with Gasteiger partial charge in [0.25, 0.3) is 0 Å². The molecule has 29 heavy (non-hydrogen) atoms. The molecule has 0 aromatic carbocycles. The predicted molar refractivity (Wildman–Crippen MR) is 112 cm³/mol. The first-order valence-corrected chi connectivity index (χ1v) is 11.9. The number of aliphatic carboxylic acids is 1. The molecule has 0 radical (unpaired) electrons. The number of nitrogens with one attached hydrogen (secondary N) is 2. The molecule has 4 aliphatic rings. The smallest absolute Gasteiger partial charge is 0.338 e. The van der Waals surface area contributed by atoms with Crippen molar-refractivity contribution in [2.75, 3.05) is 6.54 Å². The minimum absolute atomic E-state index is 0.0273. The lowest BCUT2D eigenvalue weighted by atomic mass is 9.53. The van der Waals surface area contributed by atoms with Gasteiger partial charge in [-0.1, -0.05) is 38.5 Å². The zero-order valence-corrected chi connectivity index (χ0v) is 17.8. The van der Waals surface area contributed by atoms with Gasteiger partial charge >= 0.3 is 12.0 Å². The molecule has 0 spiro atoms. The monoisotopic (exact) mass is 410 g/mol. The third-order valence-corrected chi connectivity index (χ3v) is 7.35. The van der Waals surface area contributed by atoms with Gasteiger partial charge in [-0.15, -0.1) is 0 Å². The van der Waals surface area contributed by atoms with E-state index in [0.29, 0.717) is 6.42 Å². The second-order valence-corrected chi connectivity index (χ2v) is 10.0. The lowest BCUT2D eigenvalue weighted by Crippen LogP contribution is -2.61. The Morgan fingerprint density at radius 3 is 1.86 bits per heavy atom. The summed E-state index contributed by atoms with van der Waals surface area (Å²) in [6.07, 6.45) is 14.3. The van der Waals surface area contributed by atoms with Crippen LogP contribution in [0.15, 0.2) is 0 Å². The number of alkyl halides is 1. The number of unbranched alkanes of at least 4 members (excludes halogenated alkanes) is 7. The molecular weight excluding hydrogens is 371 g/mol. The highest BCUT2D eigenvalue weighted by molar-refractivity contribution is 5.74. The summed E-state index contributed by atoms with van der Waals surface area (Å²) < 4.78 is 12.9. The van der Waals surface area contributed by atoms with Crippen LogP contribution in [0.1, 0.15) is 96.3 Å². The molecule has 166 valence electrons. The van der Waals surface area contributed by atoms with E-state index in [9.17, 15) is 14.0 Å². The fourth-order valence-corrected chi connectivity index (χ4v) is 6.38. The van der Waals surface area contributed by atoms with Crippen LogP contribution < -0.4 is 10.6 Å². The Hall–Kier alpha value is -1.33. The average Bonchev–Trinajstić information content (AvgIpc) is 2.64. The molecule has 0 heterocycles. The molecule has 0 aliphatic heterocycles. The Morgan fingerprint density at radius 1 is 0.862 bits per heavy atom. The number of carbonyl (C=O) groups is 2. The van der Waals surface area contributed by atoms with Crippen molar-refractivity contribution >= 4 is 12.0 Å². The van der Waals surface area contributed by atoms with E-state index in [4.69, 9.17) is 5.11 Å². The molecule has 4 saturated carbocycles. The van der Waals surface area contributed by atoms with Crippen LogP contribution >= 0.6 is 0 Å². The van der Waals surface area contributed by atoms with Crippen LogP contribution in [-0.2, 0) is 4.79 Å². The van der Waals surface area contributed by atoms with Gasteiger partial charge in [0.15, 0.2) is 6.17 Å². The summed E-state index contributed by atoms with van der Waals surface area (Å²) in [5.74, 6) is 1.19. The molecule has 5 nitrogen and oxygen atoms in total. The first kappa shape index (κ1) is 22.4. The van der Waals surface area contributed by atoms with Gasteiger partial charge in [-0.3, -0.25) is 0 Å². The lowest BCUT2D eigenvalue weighted by Gasteiger charge is -2.56. The fraction of sp³-hybridized carbons (Fsp3) is 0.913. The van der Waals surface area contributed by atoms with Crippen molar-refractivity contribution in [3.05, 3.63) is 0 Å². The molecule has 3 N–H and O–H groups in total. The Morgan fingerprint density at radius 2 is 1.34 bits per heavy atom. The van der Waals surface area contributed by atoms with Gasteiger partial charge < -0.3 is 15.7 Å². The van der Waals surface area contributed by atoms with E-state index in [-0.39, 0.29) is 18.0 Å². The number of carboxylic acids is 1. The molecule has 1 unspecified atom stereocenters. The molecule has 4 bridgehead atoms. The zero-order chi connectivity index (χ0) is 20.7. The summed E-state index contributed by atoms with van der Waals surface area (Å²) in [6.45, 7) is 0.741. The molecule has 0 aromatic heterocycles. The molecule has 4 aliphatic carbocycles. The van der Waals surface area contributed by atoms with Crippen molar-refractivity contribution in [2.45, 2.75) is 108 Å². The summed E-state index contributed by atoms with van der Waals surface area (Å²) in [6, 6.07) is 0.0273. The standard InChI is InChI=1S/C23H39FN2O3/c24-20(21(27)28)9-7-5-3-1-2-4-6-8-10-25-22(29)26-23-14-17-11-18(15-23)13-19(12-17)16-23/h17-20H,1-16H2,(H,27,28)(H2,25,26,29). The van der Waals surface area contributed by atoms with Crippen molar-refractivity contribution in [3.63, 3.8) is 0 Å². The van der Waals surface area contributed by atoms with Crippen LogP contribution in [0.5, 0.6) is 0 Å². The number of carbonyl (C=O) groups excluding carboxylic acids is 1. The van der Waals surface area contributed by atoms with E-state index in [1.807, 2.05) is 0 Å². The molecule has 0 saturated heterocycles. The second kappa shape index (κ2) is 10.6. The summed E-state index contributed by atoms with van der Waals surface area (Å²) >= 11 is 0. The first-order valence-electron chi connectivity index (χ1n) is 11.9. The number of urea groups is 1. The Kier molecular flexibility index (Phi) is 8.19. The van der Waals surface area contributed by atoms with Crippen molar-refractivity contribution in [3.8, 4) is 0 Å². The van der Waals surface area contributed by atoms with Gasteiger partial charge in [-0.2, -0.15) is 0 Å². The molecule has 6 heteroatoms. The van der Waals surface area contributed by atoms with Crippen molar-refractivity contribution in [2.24, 2.45) is 17.8 Å². The highest BCUT2D eigenvalue weighted by atomic mass is 19.1. The third-order valence-electron chi connectivity index (χ3n) is 7.35. The van der Waals surface area contributed by atoms with Crippen molar-refractivity contribution in [1.29, 1.82) is 0 Å². The first-order chi connectivity index (χ1) is 14.0. The van der Waals surface area contributed by atoms with E-state index in [0.717, 1.165) is 69.2 Å². The van der Waals surface area contributed by atoms with Crippen molar-refractivity contribution < 1.29 is 19.1 Å². The largest absolute Gasteiger partial charge is 0.479 e. The SMILES string of the molecule is O=C(NCCCCCCCCCCC(F)C(=O)O)NC12CC3CC(CC(C3)C1)C2. The quantitative estimate of drug-likeness (QED) is 0.366. The predicted octanol–water partition coefficient (Wildman–Crippen LogP) is 5.19. The average molecular weight is 411 g/mol. The van der Waals surface area contributed by atoms with Crippen LogP contribution in [0.4, 0.5) is 9.18 Å². The summed E-state index contributed by atoms with van der Waals surface area (Å²) in [5.41, 5.74) is 0.0888. The molecule has 1 atom stereocenters. The third kappa shape index (κ3) is 6.85. The highest BCUT2D eigenvalue weighted by Gasteiger charge is 2.51. The maximum Gasteiger partial charge on any atom is 0.338 e. The van der Waals surface area contributed by atoms with E-state index >= 15 is 0 Å². The maximum atomic E-state index is 12.9. The van der Waals surface area contributed by atoms with Gasteiger partial charge in [0, 0.05) is 12.1 Å². The van der Waals surface area contributed by atoms with Crippen molar-refractivity contribution in [1.82, 2.24) is 10.6 Å².